The van der Waals surface area contributed by atoms with Crippen LogP contribution in [-0.4, -0.2) is 91.5 Å². The summed E-state index contributed by atoms with van der Waals surface area (Å²) >= 11 is 13.4. The molecule has 1 heterocycles. The fourth-order valence-corrected chi connectivity index (χ4v) is 6.48. The van der Waals surface area contributed by atoms with Crippen molar-refractivity contribution in [1.29, 1.82) is 0 Å². The summed E-state index contributed by atoms with van der Waals surface area (Å²) in [4.78, 5) is 18.6. The summed E-state index contributed by atoms with van der Waals surface area (Å²) in [6.45, 7) is 1.33. The van der Waals surface area contributed by atoms with E-state index in [4.69, 9.17) is 37.8 Å². The Hall–Kier alpha value is -2.80. The topological polar surface area (TPSA) is 153 Å². The fraction of sp³-hybridized carbons (Fsp3) is 0.514. The van der Waals surface area contributed by atoms with Crippen LogP contribution >= 0.6 is 23.2 Å². The quantitative estimate of drug-likeness (QED) is 0.110. The molecule has 0 spiro atoms. The summed E-state index contributed by atoms with van der Waals surface area (Å²) in [6.07, 6.45) is 3.34. The van der Waals surface area contributed by atoms with Crippen LogP contribution in [0, 0.1) is 0 Å². The SMILES string of the molecule is CCN(CC(O)C(O)C(O)C(O)CO)C(=O)CCCCc1cc(Cl)c(COC2(c3cnccc3-c3ccccc3OC3CC3)CC2)cc1Cl. The van der Waals surface area contributed by atoms with E-state index >= 15 is 0 Å². The second kappa shape index (κ2) is 16.9. The molecule has 1 amide bonds. The highest BCUT2D eigenvalue weighted by atomic mass is 35.5. The number of carbonyl (C=O) groups excluding carboxylic acids is 1. The van der Waals surface area contributed by atoms with Gasteiger partial charge >= 0.3 is 0 Å². The first-order valence-electron chi connectivity index (χ1n) is 17.0. The van der Waals surface area contributed by atoms with Crippen LogP contribution in [-0.2, 0) is 28.2 Å². The number of aliphatic hydroxyl groups excluding tert-OH is 5. The number of pyridine rings is 1. The molecule has 49 heavy (non-hydrogen) atoms. The lowest BCUT2D eigenvalue weighted by Crippen LogP contribution is -2.50. The molecule has 0 aliphatic heterocycles. The zero-order chi connectivity index (χ0) is 35.1. The molecule has 4 unspecified atom stereocenters. The minimum Gasteiger partial charge on any atom is -0.490 e. The molecule has 10 nitrogen and oxygen atoms in total. The van der Waals surface area contributed by atoms with Crippen LogP contribution in [0.2, 0.25) is 10.0 Å². The highest BCUT2D eigenvalue weighted by molar-refractivity contribution is 6.34. The minimum atomic E-state index is -1.74. The number of halogens is 2. The number of benzene rings is 2. The maximum atomic E-state index is 12.8. The molecule has 4 atom stereocenters. The van der Waals surface area contributed by atoms with E-state index < -0.39 is 36.6 Å². The molecule has 266 valence electrons. The van der Waals surface area contributed by atoms with Crippen molar-refractivity contribution >= 4 is 29.1 Å². The number of rotatable bonds is 19. The van der Waals surface area contributed by atoms with Crippen LogP contribution in [0.15, 0.2) is 54.9 Å². The van der Waals surface area contributed by atoms with E-state index in [0.29, 0.717) is 29.3 Å². The van der Waals surface area contributed by atoms with Crippen LogP contribution in [0.5, 0.6) is 5.75 Å². The largest absolute Gasteiger partial charge is 0.490 e. The summed E-state index contributed by atoms with van der Waals surface area (Å²) in [5.74, 6) is 0.657. The number of aromatic nitrogens is 1. The van der Waals surface area contributed by atoms with Gasteiger partial charge in [-0.2, -0.15) is 0 Å². The third-order valence-electron chi connectivity index (χ3n) is 9.28. The second-order valence-electron chi connectivity index (χ2n) is 13.0. The van der Waals surface area contributed by atoms with Gasteiger partial charge in [0.1, 0.15) is 30.2 Å². The van der Waals surface area contributed by atoms with Crippen molar-refractivity contribution in [2.45, 2.75) is 101 Å². The van der Waals surface area contributed by atoms with E-state index in [1.807, 2.05) is 42.6 Å². The molecule has 5 N–H and O–H groups in total. The number of aliphatic hydroxyl groups is 5. The van der Waals surface area contributed by atoms with Crippen molar-refractivity contribution in [3.63, 3.8) is 0 Å². The average molecular weight is 718 g/mol. The minimum absolute atomic E-state index is 0.214. The highest BCUT2D eigenvalue weighted by Crippen LogP contribution is 2.53. The summed E-state index contributed by atoms with van der Waals surface area (Å²) in [7, 11) is 0. The van der Waals surface area contributed by atoms with E-state index in [1.54, 1.807) is 13.1 Å². The van der Waals surface area contributed by atoms with E-state index in [0.717, 1.165) is 59.3 Å². The van der Waals surface area contributed by atoms with Crippen molar-refractivity contribution in [3.05, 3.63) is 81.6 Å². The Labute approximate surface area is 297 Å². The van der Waals surface area contributed by atoms with Crippen molar-refractivity contribution in [2.24, 2.45) is 0 Å². The number of unbranched alkanes of at least 4 members (excludes halogenated alkanes) is 1. The molecule has 2 saturated carbocycles. The number of para-hydroxylation sites is 1. The molecule has 5 rings (SSSR count). The van der Waals surface area contributed by atoms with Gasteiger partial charge in [-0.25, -0.2) is 0 Å². The Bertz CT molecular complexity index is 1570. The third-order valence-corrected chi connectivity index (χ3v) is 9.99. The number of amides is 1. The maximum Gasteiger partial charge on any atom is 0.222 e. The van der Waals surface area contributed by atoms with Gasteiger partial charge < -0.3 is 39.9 Å². The van der Waals surface area contributed by atoms with Crippen molar-refractivity contribution in [2.75, 3.05) is 19.7 Å². The Morgan fingerprint density at radius 3 is 2.37 bits per heavy atom. The van der Waals surface area contributed by atoms with Crippen molar-refractivity contribution in [3.8, 4) is 16.9 Å². The molecule has 3 aromatic rings. The van der Waals surface area contributed by atoms with Crippen LogP contribution < -0.4 is 4.74 Å². The lowest BCUT2D eigenvalue weighted by molar-refractivity contribution is -0.139. The molecule has 2 aliphatic carbocycles. The first kappa shape index (κ1) is 37.5. The van der Waals surface area contributed by atoms with E-state index in [9.17, 15) is 25.2 Å². The summed E-state index contributed by atoms with van der Waals surface area (Å²) in [5.41, 5.74) is 4.29. The number of ether oxygens (including phenoxy) is 2. The Balaban J connectivity index is 1.14. The predicted octanol–water partition coefficient (Wildman–Crippen LogP) is 4.80. The monoisotopic (exact) mass is 716 g/mol. The number of likely N-dealkylation sites (N-methyl/N-ethyl adjacent to an activating group) is 1. The summed E-state index contributed by atoms with van der Waals surface area (Å²) in [6, 6.07) is 13.8. The zero-order valence-electron chi connectivity index (χ0n) is 27.7. The Kier molecular flexibility index (Phi) is 12.9. The highest BCUT2D eigenvalue weighted by Gasteiger charge is 2.48. The van der Waals surface area contributed by atoms with Gasteiger partial charge in [0.15, 0.2) is 0 Å². The fourth-order valence-electron chi connectivity index (χ4n) is 5.96. The van der Waals surface area contributed by atoms with Crippen LogP contribution in [0.3, 0.4) is 0 Å². The van der Waals surface area contributed by atoms with E-state index in [2.05, 4.69) is 11.1 Å². The smallest absolute Gasteiger partial charge is 0.222 e. The van der Waals surface area contributed by atoms with Gasteiger partial charge in [-0.05, 0) is 92.8 Å². The Morgan fingerprint density at radius 1 is 0.980 bits per heavy atom. The van der Waals surface area contributed by atoms with Crippen molar-refractivity contribution in [1.82, 2.24) is 9.88 Å². The van der Waals surface area contributed by atoms with Gasteiger partial charge in [0.25, 0.3) is 0 Å². The molecule has 12 heteroatoms. The maximum absolute atomic E-state index is 12.8. The predicted molar refractivity (Wildman–Crippen MR) is 186 cm³/mol. The Morgan fingerprint density at radius 2 is 1.67 bits per heavy atom. The average Bonchev–Trinajstić information content (AvgIpc) is 4.06. The normalized spacial score (nSPS) is 17.6. The third kappa shape index (κ3) is 9.51. The second-order valence-corrected chi connectivity index (χ2v) is 13.8. The standard InChI is InChI=1S/C37H46Cl2N2O8/c1-2-41(20-31(43)35(46)36(47)32(44)21-42)34(45)10-6-3-7-23-17-30(39)24(18-29(23)38)22-48-37(14-15-37)28-19-40-16-13-26(28)27-8-4-5-9-33(27)49-25-11-12-25/h4-5,8-9,13,16-19,25,31-32,35-36,42-44,46-47H,2-3,6-7,10-12,14-15,20-22H2,1H3. The molecule has 1 aromatic heterocycles. The molecular formula is C37H46Cl2N2O8. The number of hydrogen-bond acceptors (Lipinski definition) is 9. The lowest BCUT2D eigenvalue weighted by Gasteiger charge is -2.30. The van der Waals surface area contributed by atoms with Gasteiger partial charge in [0.05, 0.1) is 24.9 Å². The lowest BCUT2D eigenvalue weighted by atomic mass is 9.96. The van der Waals surface area contributed by atoms with Gasteiger partial charge in [-0.3, -0.25) is 9.78 Å². The summed E-state index contributed by atoms with van der Waals surface area (Å²) < 4.78 is 12.8. The van der Waals surface area contributed by atoms with E-state index in [1.165, 1.54) is 4.90 Å². The molecule has 0 saturated heterocycles. The van der Waals surface area contributed by atoms with Crippen LogP contribution in [0.25, 0.3) is 11.1 Å². The van der Waals surface area contributed by atoms with Crippen molar-refractivity contribution < 1.29 is 39.8 Å². The molecule has 0 bridgehead atoms. The van der Waals surface area contributed by atoms with Gasteiger partial charge in [-0.15, -0.1) is 0 Å². The number of hydrogen-bond donors (Lipinski definition) is 5. The molecule has 0 radical (unpaired) electrons. The first-order chi connectivity index (χ1) is 23.6. The van der Waals surface area contributed by atoms with Gasteiger partial charge in [-0.1, -0.05) is 41.4 Å². The molecule has 2 aromatic carbocycles. The molecule has 2 fully saturated rings. The number of nitrogens with zero attached hydrogens (tertiary/aromatic N) is 2. The van der Waals surface area contributed by atoms with Gasteiger partial charge in [0.2, 0.25) is 5.91 Å². The van der Waals surface area contributed by atoms with E-state index in [-0.39, 0.29) is 38.1 Å². The summed E-state index contributed by atoms with van der Waals surface area (Å²) in [5, 5.41) is 49.9. The number of aryl methyl sites for hydroxylation is 1. The molecule has 2 aliphatic rings. The first-order valence-corrected chi connectivity index (χ1v) is 17.7. The van der Waals surface area contributed by atoms with Crippen LogP contribution in [0.1, 0.15) is 68.6 Å². The van der Waals surface area contributed by atoms with Gasteiger partial charge in [0, 0.05) is 53.1 Å². The van der Waals surface area contributed by atoms with Crippen LogP contribution in [0.4, 0.5) is 0 Å². The zero-order valence-corrected chi connectivity index (χ0v) is 29.2. The number of carbonyl (C=O) groups is 1. The molecular weight excluding hydrogens is 671 g/mol.